The van der Waals surface area contributed by atoms with Crippen molar-refractivity contribution in [2.75, 3.05) is 28.4 Å². The Morgan fingerprint density at radius 3 is 1.77 bits per heavy atom. The molecule has 0 bridgehead atoms. The van der Waals surface area contributed by atoms with Gasteiger partial charge in [-0.25, -0.2) is 9.18 Å². The SMILES string of the molecule is COC(=O)[C@@H](F)C(OC)(OC)OC. The van der Waals surface area contributed by atoms with Crippen LogP contribution in [0.1, 0.15) is 0 Å². The molecule has 0 aliphatic heterocycles. The van der Waals surface area contributed by atoms with Crippen LogP contribution in [-0.2, 0) is 23.7 Å². The molecule has 0 aromatic carbocycles. The number of carbonyl (C=O) groups excluding carboxylic acids is 1. The Labute approximate surface area is 75.7 Å². The van der Waals surface area contributed by atoms with Crippen molar-refractivity contribution in [2.24, 2.45) is 0 Å². The molecule has 78 valence electrons. The van der Waals surface area contributed by atoms with Crippen molar-refractivity contribution in [1.29, 1.82) is 0 Å². The third-order valence-electron chi connectivity index (χ3n) is 1.57. The summed E-state index contributed by atoms with van der Waals surface area (Å²) in [5.41, 5.74) is 0. The number of carbonyl (C=O) groups is 1. The van der Waals surface area contributed by atoms with E-state index in [4.69, 9.17) is 0 Å². The van der Waals surface area contributed by atoms with Gasteiger partial charge in [0.25, 0.3) is 6.17 Å². The molecule has 1 atom stereocenters. The van der Waals surface area contributed by atoms with Crippen molar-refractivity contribution in [1.82, 2.24) is 0 Å². The number of esters is 1. The van der Waals surface area contributed by atoms with Crippen LogP contribution in [0.5, 0.6) is 0 Å². The van der Waals surface area contributed by atoms with E-state index >= 15 is 0 Å². The average Bonchev–Trinajstić information content (AvgIpc) is 2.20. The van der Waals surface area contributed by atoms with Crippen LogP contribution in [0.4, 0.5) is 4.39 Å². The molecule has 0 rings (SSSR count). The summed E-state index contributed by atoms with van der Waals surface area (Å²) < 4.78 is 31.2. The highest BCUT2D eigenvalue weighted by atomic mass is 19.1. The highest BCUT2D eigenvalue weighted by Crippen LogP contribution is 2.21. The van der Waals surface area contributed by atoms with Crippen LogP contribution in [0.3, 0.4) is 0 Å². The lowest BCUT2D eigenvalue weighted by Crippen LogP contribution is -2.49. The van der Waals surface area contributed by atoms with E-state index in [-0.39, 0.29) is 0 Å². The van der Waals surface area contributed by atoms with Crippen LogP contribution >= 0.6 is 0 Å². The number of halogens is 1. The maximum absolute atomic E-state index is 13.3. The summed E-state index contributed by atoms with van der Waals surface area (Å²) in [7, 11) is 4.52. The van der Waals surface area contributed by atoms with Gasteiger partial charge in [0.05, 0.1) is 7.11 Å². The molecule has 0 spiro atoms. The van der Waals surface area contributed by atoms with Crippen molar-refractivity contribution in [3.8, 4) is 0 Å². The summed E-state index contributed by atoms with van der Waals surface area (Å²) >= 11 is 0. The minimum absolute atomic E-state index is 1.06. The number of alkyl halides is 1. The zero-order valence-corrected chi connectivity index (χ0v) is 8.00. The highest BCUT2D eigenvalue weighted by molar-refractivity contribution is 5.75. The van der Waals surface area contributed by atoms with E-state index in [1.54, 1.807) is 0 Å². The van der Waals surface area contributed by atoms with Crippen molar-refractivity contribution >= 4 is 5.97 Å². The smallest absolute Gasteiger partial charge is 0.349 e. The standard InChI is InChI=1S/C7H13FO5/c1-10-6(9)5(8)7(11-2,12-3)13-4/h5H,1-4H3/t5-/m1/s1. The minimum atomic E-state index is -2.16. The van der Waals surface area contributed by atoms with E-state index in [0.29, 0.717) is 0 Å². The van der Waals surface area contributed by atoms with E-state index < -0.39 is 18.1 Å². The normalized spacial score (nSPS) is 13.9. The lowest BCUT2D eigenvalue weighted by Gasteiger charge is -2.29. The van der Waals surface area contributed by atoms with Crippen LogP contribution < -0.4 is 0 Å². The first-order valence-electron chi connectivity index (χ1n) is 3.45. The lowest BCUT2D eigenvalue weighted by atomic mass is 10.3. The van der Waals surface area contributed by atoms with Gasteiger partial charge < -0.3 is 18.9 Å². The summed E-state index contributed by atoms with van der Waals surface area (Å²) in [5.74, 6) is -3.15. The molecule has 0 fully saturated rings. The molecule has 0 saturated heterocycles. The molecule has 0 heterocycles. The maximum atomic E-state index is 13.3. The second-order valence-electron chi connectivity index (χ2n) is 2.10. The molecule has 6 heteroatoms. The summed E-state index contributed by atoms with van der Waals surface area (Å²) in [6, 6.07) is 0. The number of ether oxygens (including phenoxy) is 4. The molecule has 0 unspecified atom stereocenters. The first-order chi connectivity index (χ1) is 6.07. The van der Waals surface area contributed by atoms with Gasteiger partial charge >= 0.3 is 11.9 Å². The largest absolute Gasteiger partial charge is 0.467 e. The van der Waals surface area contributed by atoms with Crippen LogP contribution in [-0.4, -0.2) is 46.6 Å². The van der Waals surface area contributed by atoms with E-state index in [1.165, 1.54) is 0 Å². The molecule has 0 aliphatic rings. The monoisotopic (exact) mass is 196 g/mol. The minimum Gasteiger partial charge on any atom is -0.467 e. The second kappa shape index (κ2) is 5.11. The highest BCUT2D eigenvalue weighted by Gasteiger charge is 2.46. The van der Waals surface area contributed by atoms with Crippen molar-refractivity contribution < 1.29 is 28.1 Å². The molecule has 0 aliphatic carbocycles. The van der Waals surface area contributed by atoms with Crippen LogP contribution in [0.2, 0.25) is 0 Å². The number of hydrogen-bond donors (Lipinski definition) is 0. The zero-order chi connectivity index (χ0) is 10.5. The van der Waals surface area contributed by atoms with E-state index in [2.05, 4.69) is 18.9 Å². The molecule has 5 nitrogen and oxygen atoms in total. The van der Waals surface area contributed by atoms with Gasteiger partial charge in [0, 0.05) is 21.3 Å². The quantitative estimate of drug-likeness (QED) is 0.460. The fourth-order valence-corrected chi connectivity index (χ4v) is 0.808. The van der Waals surface area contributed by atoms with E-state index in [1.807, 2.05) is 0 Å². The zero-order valence-electron chi connectivity index (χ0n) is 8.00. The number of hydrogen-bond acceptors (Lipinski definition) is 5. The van der Waals surface area contributed by atoms with Crippen LogP contribution in [0.25, 0.3) is 0 Å². The van der Waals surface area contributed by atoms with Gasteiger partial charge in [-0.1, -0.05) is 0 Å². The van der Waals surface area contributed by atoms with Crippen molar-refractivity contribution in [3.05, 3.63) is 0 Å². The van der Waals surface area contributed by atoms with Gasteiger partial charge in [0.1, 0.15) is 0 Å². The second-order valence-corrected chi connectivity index (χ2v) is 2.10. The summed E-state index contributed by atoms with van der Waals surface area (Å²) in [6.45, 7) is 0. The third-order valence-corrected chi connectivity index (χ3v) is 1.57. The summed E-state index contributed by atoms with van der Waals surface area (Å²) in [6.07, 6.45) is -2.16. The topological polar surface area (TPSA) is 54.0 Å². The van der Waals surface area contributed by atoms with Gasteiger partial charge in [-0.3, -0.25) is 0 Å². The molecular weight excluding hydrogens is 183 g/mol. The first-order valence-corrected chi connectivity index (χ1v) is 3.45. The Bertz CT molecular complexity index is 160. The first kappa shape index (κ1) is 12.3. The molecule has 0 aromatic heterocycles. The molecule has 0 aromatic rings. The van der Waals surface area contributed by atoms with Crippen molar-refractivity contribution in [3.63, 3.8) is 0 Å². The predicted molar refractivity (Wildman–Crippen MR) is 40.7 cm³/mol. The molecule has 0 amide bonds. The van der Waals surface area contributed by atoms with Crippen LogP contribution in [0, 0.1) is 0 Å². The van der Waals surface area contributed by atoms with Gasteiger partial charge in [0.15, 0.2) is 0 Å². The molecule has 0 saturated carbocycles. The van der Waals surface area contributed by atoms with Crippen LogP contribution in [0.15, 0.2) is 0 Å². The van der Waals surface area contributed by atoms with Gasteiger partial charge in [-0.2, -0.15) is 0 Å². The lowest BCUT2D eigenvalue weighted by molar-refractivity contribution is -0.373. The fourth-order valence-electron chi connectivity index (χ4n) is 0.808. The maximum Gasteiger partial charge on any atom is 0.349 e. The Morgan fingerprint density at radius 1 is 1.15 bits per heavy atom. The van der Waals surface area contributed by atoms with Gasteiger partial charge in [-0.15, -0.1) is 0 Å². The van der Waals surface area contributed by atoms with E-state index in [0.717, 1.165) is 28.4 Å². The Morgan fingerprint density at radius 2 is 1.54 bits per heavy atom. The predicted octanol–water partition coefficient (Wildman–Crippen LogP) is 0.0905. The molecular formula is C7H13FO5. The Hall–Kier alpha value is -0.720. The number of methoxy groups -OCH3 is 4. The molecule has 0 radical (unpaired) electrons. The fraction of sp³-hybridized carbons (Fsp3) is 0.857. The average molecular weight is 196 g/mol. The van der Waals surface area contributed by atoms with Gasteiger partial charge in [0.2, 0.25) is 0 Å². The number of rotatable bonds is 5. The summed E-state index contributed by atoms with van der Waals surface area (Å²) in [5, 5.41) is 0. The summed E-state index contributed by atoms with van der Waals surface area (Å²) in [4.78, 5) is 10.8. The van der Waals surface area contributed by atoms with Gasteiger partial charge in [-0.05, 0) is 0 Å². The van der Waals surface area contributed by atoms with E-state index in [9.17, 15) is 9.18 Å². The third kappa shape index (κ3) is 2.36. The molecule has 0 N–H and O–H groups in total. The Kier molecular flexibility index (Phi) is 4.82. The van der Waals surface area contributed by atoms with Crippen molar-refractivity contribution in [2.45, 2.75) is 12.1 Å². The molecule has 13 heavy (non-hydrogen) atoms. The Balaban J connectivity index is 4.62.